The molecule has 9 heteroatoms. The summed E-state index contributed by atoms with van der Waals surface area (Å²) >= 11 is 18.4. The Balaban J connectivity index is 1.46. The normalized spacial score (nSPS) is 10.9. The third-order valence-corrected chi connectivity index (χ3v) is 6.70. The van der Waals surface area contributed by atoms with E-state index in [0.717, 1.165) is 11.1 Å². The quantitative estimate of drug-likeness (QED) is 0.148. The van der Waals surface area contributed by atoms with Crippen molar-refractivity contribution in [1.29, 1.82) is 5.26 Å². The van der Waals surface area contributed by atoms with Crippen molar-refractivity contribution in [3.05, 3.63) is 122 Å². The van der Waals surface area contributed by atoms with Gasteiger partial charge in [0.25, 0.3) is 5.91 Å². The number of hydrogen-bond donors (Lipinski definition) is 1. The molecule has 0 aliphatic rings. The van der Waals surface area contributed by atoms with Crippen LogP contribution in [0.2, 0.25) is 15.1 Å². The van der Waals surface area contributed by atoms with Gasteiger partial charge < -0.3 is 19.5 Å². The van der Waals surface area contributed by atoms with Gasteiger partial charge in [0, 0.05) is 43.5 Å². The Bertz CT molecular complexity index is 1580. The minimum absolute atomic E-state index is 0.112. The van der Waals surface area contributed by atoms with Crippen LogP contribution in [0.4, 0.5) is 5.69 Å². The van der Waals surface area contributed by atoms with E-state index in [2.05, 4.69) is 5.32 Å². The minimum atomic E-state index is -0.574. The van der Waals surface area contributed by atoms with Crippen LogP contribution in [-0.4, -0.2) is 13.0 Å². The first-order valence-electron chi connectivity index (χ1n) is 12.0. The average Bonchev–Trinajstić information content (AvgIpc) is 2.96. The zero-order chi connectivity index (χ0) is 28.5. The van der Waals surface area contributed by atoms with Gasteiger partial charge >= 0.3 is 0 Å². The molecule has 1 amide bonds. The summed E-state index contributed by atoms with van der Waals surface area (Å²) in [6.45, 7) is 0.451. The van der Waals surface area contributed by atoms with Gasteiger partial charge in [-0.25, -0.2) is 0 Å². The second-order valence-electron chi connectivity index (χ2n) is 8.46. The summed E-state index contributed by atoms with van der Waals surface area (Å²) in [7, 11) is 1.53. The molecule has 0 heterocycles. The van der Waals surface area contributed by atoms with Crippen LogP contribution in [0.25, 0.3) is 6.08 Å². The van der Waals surface area contributed by atoms with E-state index in [-0.39, 0.29) is 12.2 Å². The standard InChI is InChI=1S/C31H23Cl3N2O4/c1-38-27-11-7-20(30(16-27)40-19-22-6-8-24(32)15-29(22)34)14-23(17-35)31(37)36-25-9-12-26(13-10-25)39-18-21-4-2-3-5-28(21)33/h2-16H,18-19H2,1H3,(H,36,37)/b23-14+. The Morgan fingerprint density at radius 1 is 0.850 bits per heavy atom. The Hall–Kier alpha value is -4.15. The maximum Gasteiger partial charge on any atom is 0.266 e. The molecule has 0 aliphatic carbocycles. The Morgan fingerprint density at radius 3 is 2.25 bits per heavy atom. The van der Waals surface area contributed by atoms with E-state index in [0.29, 0.717) is 50.2 Å². The molecule has 1 N–H and O–H groups in total. The van der Waals surface area contributed by atoms with Crippen molar-refractivity contribution >= 4 is 52.5 Å². The number of anilines is 1. The smallest absolute Gasteiger partial charge is 0.266 e. The summed E-state index contributed by atoms with van der Waals surface area (Å²) in [5.41, 5.74) is 2.49. The fourth-order valence-electron chi connectivity index (χ4n) is 3.59. The van der Waals surface area contributed by atoms with E-state index in [1.807, 2.05) is 24.3 Å². The van der Waals surface area contributed by atoms with Crippen LogP contribution >= 0.6 is 34.8 Å². The summed E-state index contributed by atoms with van der Waals surface area (Å²) in [6.07, 6.45) is 1.45. The summed E-state index contributed by atoms with van der Waals surface area (Å²) in [6, 6.07) is 26.4. The third kappa shape index (κ3) is 7.71. The number of nitrogens with one attached hydrogen (secondary N) is 1. The van der Waals surface area contributed by atoms with E-state index in [1.165, 1.54) is 13.2 Å². The SMILES string of the molecule is COc1ccc(/C=C(\C#N)C(=O)Nc2ccc(OCc3ccccc3Cl)cc2)c(OCc2ccc(Cl)cc2Cl)c1. The molecule has 0 atom stereocenters. The molecule has 0 bridgehead atoms. The van der Waals surface area contributed by atoms with Crippen LogP contribution in [0.3, 0.4) is 0 Å². The molecule has 4 rings (SSSR count). The van der Waals surface area contributed by atoms with E-state index < -0.39 is 5.91 Å². The van der Waals surface area contributed by atoms with Gasteiger partial charge in [-0.05, 0) is 60.7 Å². The van der Waals surface area contributed by atoms with Crippen molar-refractivity contribution in [3.8, 4) is 23.3 Å². The number of ether oxygens (including phenoxy) is 3. The first-order valence-corrected chi connectivity index (χ1v) is 13.1. The molecule has 202 valence electrons. The summed E-state index contributed by atoms with van der Waals surface area (Å²) in [5.74, 6) is 0.990. The Kier molecular flexibility index (Phi) is 9.93. The number of halogens is 3. The number of carbonyl (C=O) groups excluding carboxylic acids is 1. The van der Waals surface area contributed by atoms with Gasteiger partial charge in [0.15, 0.2) is 0 Å². The van der Waals surface area contributed by atoms with Gasteiger partial charge in [0.2, 0.25) is 0 Å². The molecule has 0 radical (unpaired) electrons. The zero-order valence-electron chi connectivity index (χ0n) is 21.3. The molecule has 40 heavy (non-hydrogen) atoms. The first kappa shape index (κ1) is 28.8. The molecular weight excluding hydrogens is 571 g/mol. The highest BCUT2D eigenvalue weighted by atomic mass is 35.5. The fraction of sp³-hybridized carbons (Fsp3) is 0.0968. The van der Waals surface area contributed by atoms with Gasteiger partial charge in [-0.15, -0.1) is 0 Å². The predicted molar refractivity (Wildman–Crippen MR) is 158 cm³/mol. The number of nitriles is 1. The molecule has 4 aromatic rings. The number of rotatable bonds is 10. The molecule has 0 saturated carbocycles. The van der Waals surface area contributed by atoms with Gasteiger partial charge in [-0.3, -0.25) is 4.79 Å². The van der Waals surface area contributed by atoms with Crippen molar-refractivity contribution in [1.82, 2.24) is 0 Å². The molecule has 0 fully saturated rings. The predicted octanol–water partition coefficient (Wildman–Crippen LogP) is 8.36. The third-order valence-electron chi connectivity index (χ3n) is 5.75. The van der Waals surface area contributed by atoms with E-state index in [9.17, 15) is 10.1 Å². The van der Waals surface area contributed by atoms with Gasteiger partial charge in [0.05, 0.1) is 7.11 Å². The van der Waals surface area contributed by atoms with Crippen molar-refractivity contribution in [2.45, 2.75) is 13.2 Å². The number of methoxy groups -OCH3 is 1. The molecule has 0 unspecified atom stereocenters. The van der Waals surface area contributed by atoms with Crippen LogP contribution in [-0.2, 0) is 18.0 Å². The Labute approximate surface area is 247 Å². The first-order chi connectivity index (χ1) is 19.4. The monoisotopic (exact) mass is 592 g/mol. The van der Waals surface area contributed by atoms with Crippen LogP contribution in [0.1, 0.15) is 16.7 Å². The van der Waals surface area contributed by atoms with Crippen LogP contribution < -0.4 is 19.5 Å². The van der Waals surface area contributed by atoms with E-state index >= 15 is 0 Å². The number of carbonyl (C=O) groups is 1. The number of nitrogens with zero attached hydrogens (tertiary/aromatic N) is 1. The van der Waals surface area contributed by atoms with E-state index in [1.54, 1.807) is 66.7 Å². The molecular formula is C31H23Cl3N2O4. The van der Waals surface area contributed by atoms with Gasteiger partial charge in [-0.1, -0.05) is 59.1 Å². The average molecular weight is 594 g/mol. The molecule has 0 aliphatic heterocycles. The summed E-state index contributed by atoms with van der Waals surface area (Å²) in [5, 5.41) is 14.1. The Morgan fingerprint density at radius 2 is 1.55 bits per heavy atom. The highest BCUT2D eigenvalue weighted by molar-refractivity contribution is 6.35. The van der Waals surface area contributed by atoms with Gasteiger partial charge in [0.1, 0.15) is 42.1 Å². The largest absolute Gasteiger partial charge is 0.497 e. The van der Waals surface area contributed by atoms with Crippen molar-refractivity contribution in [3.63, 3.8) is 0 Å². The molecule has 4 aromatic carbocycles. The second kappa shape index (κ2) is 13.8. The lowest BCUT2D eigenvalue weighted by atomic mass is 10.1. The molecule has 0 saturated heterocycles. The lowest BCUT2D eigenvalue weighted by Gasteiger charge is -2.13. The lowest BCUT2D eigenvalue weighted by molar-refractivity contribution is -0.112. The molecule has 6 nitrogen and oxygen atoms in total. The van der Waals surface area contributed by atoms with Crippen molar-refractivity contribution < 1.29 is 19.0 Å². The lowest BCUT2D eigenvalue weighted by Crippen LogP contribution is -2.13. The van der Waals surface area contributed by atoms with E-state index in [4.69, 9.17) is 49.0 Å². The second-order valence-corrected chi connectivity index (χ2v) is 9.71. The van der Waals surface area contributed by atoms with Crippen LogP contribution in [0.15, 0.2) is 90.5 Å². The summed E-state index contributed by atoms with van der Waals surface area (Å²) in [4.78, 5) is 12.9. The van der Waals surface area contributed by atoms with Crippen LogP contribution in [0.5, 0.6) is 17.2 Å². The molecule has 0 aromatic heterocycles. The minimum Gasteiger partial charge on any atom is -0.497 e. The number of amides is 1. The van der Waals surface area contributed by atoms with Crippen LogP contribution in [0, 0.1) is 11.3 Å². The fourth-order valence-corrected chi connectivity index (χ4v) is 4.25. The highest BCUT2D eigenvalue weighted by Crippen LogP contribution is 2.30. The van der Waals surface area contributed by atoms with Crippen molar-refractivity contribution in [2.24, 2.45) is 0 Å². The number of hydrogen-bond acceptors (Lipinski definition) is 5. The van der Waals surface area contributed by atoms with Crippen molar-refractivity contribution in [2.75, 3.05) is 12.4 Å². The highest BCUT2D eigenvalue weighted by Gasteiger charge is 2.13. The maximum atomic E-state index is 12.9. The zero-order valence-corrected chi connectivity index (χ0v) is 23.6. The maximum absolute atomic E-state index is 12.9. The van der Waals surface area contributed by atoms with Gasteiger partial charge in [-0.2, -0.15) is 5.26 Å². The number of benzene rings is 4. The molecule has 0 spiro atoms. The topological polar surface area (TPSA) is 80.6 Å². The summed E-state index contributed by atoms with van der Waals surface area (Å²) < 4.78 is 17.1.